The summed E-state index contributed by atoms with van der Waals surface area (Å²) in [6, 6.07) is -0.480. The van der Waals surface area contributed by atoms with E-state index in [1.165, 1.54) is 19.1 Å². The first-order valence-corrected chi connectivity index (χ1v) is 13.3. The van der Waals surface area contributed by atoms with E-state index in [2.05, 4.69) is 18.6 Å². The summed E-state index contributed by atoms with van der Waals surface area (Å²) in [5.74, 6) is 1.49. The molecule has 3 aliphatic rings. The summed E-state index contributed by atoms with van der Waals surface area (Å²) in [6.07, 6.45) is 9.54. The first kappa shape index (κ1) is 22.8. The third-order valence-corrected chi connectivity index (χ3v) is 7.66. The molecular formula is C21H39N3O4S. The number of nitrogens with zero attached hydrogens (tertiary/aromatic N) is 2. The van der Waals surface area contributed by atoms with Gasteiger partial charge in [-0.15, -0.1) is 0 Å². The van der Waals surface area contributed by atoms with Gasteiger partial charge in [0.2, 0.25) is 10.0 Å². The van der Waals surface area contributed by atoms with Crippen molar-refractivity contribution in [3.8, 4) is 0 Å². The smallest absolute Gasteiger partial charge is 0.320 e. The number of urea groups is 1. The van der Waals surface area contributed by atoms with Gasteiger partial charge in [-0.2, -0.15) is 0 Å². The van der Waals surface area contributed by atoms with E-state index in [0.29, 0.717) is 19.1 Å². The molecule has 8 heteroatoms. The standard InChI is InChI=1S/C21H39N3O4S/c1-16(2)17-8-10-18(11-9-17)28-15-20-19(22-29(3,26)27)7-6-14-24(20)21(25)23-12-4-5-13-23/h16-20,22H,4-15H2,1-3H3/t17-,18+,19-,20-/m1/s1. The number of carbonyl (C=O) groups excluding carboxylic acids is 1. The van der Waals surface area contributed by atoms with Crippen molar-refractivity contribution in [2.24, 2.45) is 11.8 Å². The first-order valence-electron chi connectivity index (χ1n) is 11.4. The monoisotopic (exact) mass is 429 g/mol. The fraction of sp³-hybridized carbons (Fsp3) is 0.952. The van der Waals surface area contributed by atoms with Crippen molar-refractivity contribution in [1.82, 2.24) is 14.5 Å². The Bertz CT molecular complexity index is 640. The normalized spacial score (nSPS) is 31.4. The van der Waals surface area contributed by atoms with Crippen molar-refractivity contribution in [2.75, 3.05) is 32.5 Å². The summed E-state index contributed by atoms with van der Waals surface area (Å²) in [5, 5.41) is 0. The van der Waals surface area contributed by atoms with Gasteiger partial charge in [-0.05, 0) is 63.2 Å². The fourth-order valence-corrected chi connectivity index (χ4v) is 5.98. The van der Waals surface area contributed by atoms with Crippen LogP contribution in [0.2, 0.25) is 0 Å². The Hall–Kier alpha value is -0.860. The van der Waals surface area contributed by atoms with E-state index in [-0.39, 0.29) is 24.2 Å². The van der Waals surface area contributed by atoms with E-state index in [1.807, 2.05) is 9.80 Å². The molecule has 0 bridgehead atoms. The lowest BCUT2D eigenvalue weighted by Crippen LogP contribution is -2.61. The Morgan fingerprint density at radius 2 is 1.69 bits per heavy atom. The van der Waals surface area contributed by atoms with Gasteiger partial charge in [0.15, 0.2) is 0 Å². The predicted molar refractivity (Wildman–Crippen MR) is 114 cm³/mol. The zero-order chi connectivity index (χ0) is 21.0. The average molecular weight is 430 g/mol. The highest BCUT2D eigenvalue weighted by atomic mass is 32.2. The van der Waals surface area contributed by atoms with E-state index >= 15 is 0 Å². The van der Waals surface area contributed by atoms with Gasteiger partial charge in [0.05, 0.1) is 25.0 Å². The quantitative estimate of drug-likeness (QED) is 0.704. The van der Waals surface area contributed by atoms with Crippen LogP contribution in [0.1, 0.15) is 65.2 Å². The van der Waals surface area contributed by atoms with Crippen LogP contribution in [-0.2, 0) is 14.8 Å². The number of carbonyl (C=O) groups is 1. The second-order valence-electron chi connectivity index (χ2n) is 9.49. The van der Waals surface area contributed by atoms with Crippen molar-refractivity contribution in [3.63, 3.8) is 0 Å². The Morgan fingerprint density at radius 3 is 2.28 bits per heavy atom. The second-order valence-corrected chi connectivity index (χ2v) is 11.3. The van der Waals surface area contributed by atoms with Gasteiger partial charge in [-0.1, -0.05) is 13.8 Å². The van der Waals surface area contributed by atoms with E-state index in [1.54, 1.807) is 0 Å². The summed E-state index contributed by atoms with van der Waals surface area (Å²) in [7, 11) is -3.34. The molecule has 0 aromatic carbocycles. The highest BCUT2D eigenvalue weighted by molar-refractivity contribution is 7.88. The van der Waals surface area contributed by atoms with E-state index in [9.17, 15) is 13.2 Å². The number of amides is 2. The van der Waals surface area contributed by atoms with Crippen molar-refractivity contribution in [3.05, 3.63) is 0 Å². The zero-order valence-electron chi connectivity index (χ0n) is 18.3. The van der Waals surface area contributed by atoms with Crippen molar-refractivity contribution < 1.29 is 17.9 Å². The minimum atomic E-state index is -3.34. The maximum atomic E-state index is 13.1. The molecule has 7 nitrogen and oxygen atoms in total. The number of nitrogens with one attached hydrogen (secondary N) is 1. The van der Waals surface area contributed by atoms with Crippen molar-refractivity contribution in [2.45, 2.75) is 83.4 Å². The van der Waals surface area contributed by atoms with Crippen LogP contribution >= 0.6 is 0 Å². The second kappa shape index (κ2) is 9.96. The topological polar surface area (TPSA) is 79.0 Å². The Kier molecular flexibility index (Phi) is 7.84. The molecule has 2 saturated heterocycles. The Morgan fingerprint density at radius 1 is 1.03 bits per heavy atom. The summed E-state index contributed by atoms with van der Waals surface area (Å²) < 4.78 is 32.9. The highest BCUT2D eigenvalue weighted by Gasteiger charge is 2.38. The first-order chi connectivity index (χ1) is 13.7. The lowest BCUT2D eigenvalue weighted by Gasteiger charge is -2.43. The third-order valence-electron chi connectivity index (χ3n) is 6.93. The van der Waals surface area contributed by atoms with Gasteiger partial charge in [0.1, 0.15) is 0 Å². The maximum absolute atomic E-state index is 13.1. The zero-order valence-corrected chi connectivity index (χ0v) is 19.1. The van der Waals surface area contributed by atoms with Crippen molar-refractivity contribution in [1.29, 1.82) is 0 Å². The number of piperidine rings is 1. The maximum Gasteiger partial charge on any atom is 0.320 e. The van der Waals surface area contributed by atoms with Gasteiger partial charge < -0.3 is 14.5 Å². The van der Waals surface area contributed by atoms with Crippen LogP contribution in [0.15, 0.2) is 0 Å². The molecule has 0 radical (unpaired) electrons. The predicted octanol–water partition coefficient (Wildman–Crippen LogP) is 2.82. The molecule has 1 saturated carbocycles. The largest absolute Gasteiger partial charge is 0.376 e. The van der Waals surface area contributed by atoms with Gasteiger partial charge >= 0.3 is 6.03 Å². The van der Waals surface area contributed by atoms with Crippen LogP contribution in [-0.4, -0.2) is 74.9 Å². The van der Waals surface area contributed by atoms with Gasteiger partial charge in [0, 0.05) is 25.7 Å². The van der Waals surface area contributed by atoms with Crippen LogP contribution in [0.5, 0.6) is 0 Å². The van der Waals surface area contributed by atoms with Crippen LogP contribution in [0.3, 0.4) is 0 Å². The number of ether oxygens (including phenoxy) is 1. The molecule has 2 amide bonds. The average Bonchev–Trinajstić information content (AvgIpc) is 3.20. The van der Waals surface area contributed by atoms with Crippen molar-refractivity contribution >= 4 is 16.1 Å². The van der Waals surface area contributed by atoms with Gasteiger partial charge in [0.25, 0.3) is 0 Å². The van der Waals surface area contributed by atoms with Crippen LogP contribution in [0.25, 0.3) is 0 Å². The highest BCUT2D eigenvalue weighted by Crippen LogP contribution is 2.32. The van der Waals surface area contributed by atoms with Gasteiger partial charge in [-0.3, -0.25) is 0 Å². The molecule has 168 valence electrons. The molecule has 0 aromatic rings. The Balaban J connectivity index is 1.65. The van der Waals surface area contributed by atoms with Crippen LogP contribution in [0.4, 0.5) is 4.79 Å². The number of rotatable bonds is 6. The molecule has 2 aliphatic heterocycles. The summed E-state index contributed by atoms with van der Waals surface area (Å²) in [5.41, 5.74) is 0. The van der Waals surface area contributed by atoms with E-state index in [0.717, 1.165) is 57.5 Å². The van der Waals surface area contributed by atoms with E-state index < -0.39 is 10.0 Å². The molecule has 1 aliphatic carbocycles. The van der Waals surface area contributed by atoms with E-state index in [4.69, 9.17) is 4.74 Å². The molecular weight excluding hydrogens is 390 g/mol. The van der Waals surface area contributed by atoms with Crippen LogP contribution in [0, 0.1) is 11.8 Å². The SMILES string of the molecule is CC(C)[C@H]1CC[C@@H](OC[C@@H]2[C@H](NS(C)(=O)=O)CCCN2C(=O)N2CCCC2)CC1. The molecule has 3 fully saturated rings. The molecule has 3 rings (SSSR count). The number of sulfonamides is 1. The Labute approximate surface area is 176 Å². The number of hydrogen-bond acceptors (Lipinski definition) is 4. The molecule has 1 N–H and O–H groups in total. The van der Waals surface area contributed by atoms with Crippen LogP contribution < -0.4 is 4.72 Å². The minimum Gasteiger partial charge on any atom is -0.376 e. The lowest BCUT2D eigenvalue weighted by molar-refractivity contribution is -0.0265. The minimum absolute atomic E-state index is 0.0413. The number of hydrogen-bond donors (Lipinski definition) is 1. The summed E-state index contributed by atoms with van der Waals surface area (Å²) >= 11 is 0. The number of likely N-dealkylation sites (tertiary alicyclic amines) is 2. The summed E-state index contributed by atoms with van der Waals surface area (Å²) in [6.45, 7) is 7.25. The molecule has 0 spiro atoms. The molecule has 29 heavy (non-hydrogen) atoms. The molecule has 0 unspecified atom stereocenters. The van der Waals surface area contributed by atoms with Gasteiger partial charge in [-0.25, -0.2) is 17.9 Å². The lowest BCUT2D eigenvalue weighted by atomic mass is 9.80. The molecule has 0 aromatic heterocycles. The third kappa shape index (κ3) is 6.31. The fourth-order valence-electron chi connectivity index (χ4n) is 5.16. The molecule has 2 heterocycles. The molecule has 2 atom stereocenters. The summed E-state index contributed by atoms with van der Waals surface area (Å²) in [4.78, 5) is 16.9.